The fraction of sp³-hybridized carbons (Fsp3) is 0.136. The summed E-state index contributed by atoms with van der Waals surface area (Å²) in [7, 11) is 0. The third-order valence-electron chi connectivity index (χ3n) is 4.32. The molecule has 28 heavy (non-hydrogen) atoms. The molecule has 0 saturated carbocycles. The number of halogens is 1. The first-order valence-corrected chi connectivity index (χ1v) is 9.77. The number of oxazole rings is 1. The van der Waals surface area contributed by atoms with Crippen molar-refractivity contribution in [3.8, 4) is 23.0 Å². The van der Waals surface area contributed by atoms with E-state index in [4.69, 9.17) is 9.15 Å². The van der Waals surface area contributed by atoms with E-state index in [1.165, 1.54) is 0 Å². The van der Waals surface area contributed by atoms with Crippen molar-refractivity contribution in [1.29, 1.82) is 0 Å². The summed E-state index contributed by atoms with van der Waals surface area (Å²) in [6.45, 7) is 3.09. The largest absolute Gasteiger partial charge is 0.508 e. The molecule has 0 radical (unpaired) electrons. The molecule has 0 bridgehead atoms. The Morgan fingerprint density at radius 1 is 1.07 bits per heavy atom. The molecule has 3 aromatic carbocycles. The second-order valence-corrected chi connectivity index (χ2v) is 7.20. The summed E-state index contributed by atoms with van der Waals surface area (Å²) in [6, 6.07) is 18.8. The van der Waals surface area contributed by atoms with E-state index in [0.29, 0.717) is 19.0 Å². The Balaban J connectivity index is 1.53. The van der Waals surface area contributed by atoms with Gasteiger partial charge in [-0.2, -0.15) is 0 Å². The highest BCUT2D eigenvalue weighted by molar-refractivity contribution is 9.10. The molecule has 0 atom stereocenters. The Labute approximate surface area is 171 Å². The number of nitrogens with one attached hydrogen (secondary N) is 1. The summed E-state index contributed by atoms with van der Waals surface area (Å²) >= 11 is 3.42. The number of ether oxygens (including phenoxy) is 1. The summed E-state index contributed by atoms with van der Waals surface area (Å²) in [5.41, 5.74) is 4.10. The monoisotopic (exact) mass is 438 g/mol. The number of fused-ring (bicyclic) bond motifs is 1. The molecule has 0 fully saturated rings. The lowest BCUT2D eigenvalue weighted by atomic mass is 10.2. The van der Waals surface area contributed by atoms with Gasteiger partial charge in [-0.05, 0) is 67.6 Å². The van der Waals surface area contributed by atoms with Crippen molar-refractivity contribution in [3.63, 3.8) is 0 Å². The first-order chi connectivity index (χ1) is 13.6. The number of hydrogen-bond donors (Lipinski definition) is 2. The van der Waals surface area contributed by atoms with Crippen molar-refractivity contribution in [2.45, 2.75) is 13.5 Å². The number of nitrogens with zero attached hydrogens (tertiary/aromatic N) is 1. The van der Waals surface area contributed by atoms with E-state index in [1.54, 1.807) is 6.07 Å². The van der Waals surface area contributed by atoms with Gasteiger partial charge in [0.1, 0.15) is 17.0 Å². The zero-order valence-corrected chi connectivity index (χ0v) is 16.9. The molecule has 4 rings (SSSR count). The number of aromatic hydroxyl groups is 1. The van der Waals surface area contributed by atoms with E-state index >= 15 is 0 Å². The van der Waals surface area contributed by atoms with Crippen molar-refractivity contribution < 1.29 is 14.3 Å². The predicted octanol–water partition coefficient (Wildman–Crippen LogP) is 5.97. The van der Waals surface area contributed by atoms with Gasteiger partial charge in [0, 0.05) is 27.8 Å². The lowest BCUT2D eigenvalue weighted by molar-refractivity contribution is 0.340. The average Bonchev–Trinajstić information content (AvgIpc) is 3.13. The Kier molecular flexibility index (Phi) is 5.21. The van der Waals surface area contributed by atoms with Crippen molar-refractivity contribution in [2.24, 2.45) is 0 Å². The SMILES string of the molecule is CCOc1ccc(-c2nc3cc(NCc4cc(Br)ccc4O)ccc3o2)cc1. The average molecular weight is 439 g/mol. The fourth-order valence-electron chi connectivity index (χ4n) is 2.91. The van der Waals surface area contributed by atoms with Crippen LogP contribution in [0.3, 0.4) is 0 Å². The van der Waals surface area contributed by atoms with Crippen LogP contribution in [0, 0.1) is 0 Å². The summed E-state index contributed by atoms with van der Waals surface area (Å²) < 4.78 is 12.3. The molecule has 0 saturated heterocycles. The molecule has 142 valence electrons. The van der Waals surface area contributed by atoms with E-state index in [1.807, 2.05) is 61.5 Å². The molecule has 0 aliphatic rings. The summed E-state index contributed by atoms with van der Waals surface area (Å²) in [6.07, 6.45) is 0. The van der Waals surface area contributed by atoms with Crippen LogP contribution in [-0.2, 0) is 6.54 Å². The second-order valence-electron chi connectivity index (χ2n) is 6.29. The van der Waals surface area contributed by atoms with Crippen molar-refractivity contribution in [2.75, 3.05) is 11.9 Å². The number of rotatable bonds is 6. The second kappa shape index (κ2) is 7.94. The Morgan fingerprint density at radius 2 is 1.89 bits per heavy atom. The maximum absolute atomic E-state index is 9.97. The molecule has 0 aliphatic heterocycles. The van der Waals surface area contributed by atoms with Gasteiger partial charge in [-0.3, -0.25) is 0 Å². The molecule has 6 heteroatoms. The molecule has 5 nitrogen and oxygen atoms in total. The molecule has 0 amide bonds. The van der Waals surface area contributed by atoms with Crippen LogP contribution in [0.2, 0.25) is 0 Å². The smallest absolute Gasteiger partial charge is 0.227 e. The van der Waals surface area contributed by atoms with Gasteiger partial charge in [-0.25, -0.2) is 4.98 Å². The highest BCUT2D eigenvalue weighted by Gasteiger charge is 2.10. The number of phenols is 1. The van der Waals surface area contributed by atoms with E-state index in [-0.39, 0.29) is 5.75 Å². The van der Waals surface area contributed by atoms with Crippen LogP contribution in [-0.4, -0.2) is 16.7 Å². The Hall–Kier alpha value is -2.99. The molecule has 0 spiro atoms. The highest BCUT2D eigenvalue weighted by atomic mass is 79.9. The number of phenolic OH excluding ortho intramolecular Hbond substituents is 1. The van der Waals surface area contributed by atoms with Crippen molar-refractivity contribution >= 4 is 32.7 Å². The van der Waals surface area contributed by atoms with E-state index in [9.17, 15) is 5.11 Å². The molecule has 1 aromatic heterocycles. The van der Waals surface area contributed by atoms with E-state index in [0.717, 1.165) is 38.1 Å². The quantitative estimate of drug-likeness (QED) is 0.387. The normalized spacial score (nSPS) is 10.9. The minimum absolute atomic E-state index is 0.260. The molecule has 0 aliphatic carbocycles. The van der Waals surface area contributed by atoms with Gasteiger partial charge >= 0.3 is 0 Å². The highest BCUT2D eigenvalue weighted by Crippen LogP contribution is 2.28. The van der Waals surface area contributed by atoms with Crippen LogP contribution in [0.1, 0.15) is 12.5 Å². The number of benzene rings is 3. The van der Waals surface area contributed by atoms with Crippen LogP contribution in [0.15, 0.2) is 69.6 Å². The lowest BCUT2D eigenvalue weighted by Crippen LogP contribution is -1.99. The van der Waals surface area contributed by atoms with Gasteiger partial charge < -0.3 is 19.6 Å². The molecule has 4 aromatic rings. The molecule has 2 N–H and O–H groups in total. The van der Waals surface area contributed by atoms with Crippen LogP contribution in [0.5, 0.6) is 11.5 Å². The van der Waals surface area contributed by atoms with E-state index < -0.39 is 0 Å². The molecule has 0 unspecified atom stereocenters. The van der Waals surface area contributed by atoms with Gasteiger partial charge in [0.2, 0.25) is 5.89 Å². The Morgan fingerprint density at radius 3 is 2.68 bits per heavy atom. The maximum atomic E-state index is 9.97. The number of hydrogen-bond acceptors (Lipinski definition) is 5. The first-order valence-electron chi connectivity index (χ1n) is 8.97. The van der Waals surface area contributed by atoms with Crippen LogP contribution in [0.25, 0.3) is 22.6 Å². The van der Waals surface area contributed by atoms with Gasteiger partial charge in [0.25, 0.3) is 0 Å². The summed E-state index contributed by atoms with van der Waals surface area (Å²) in [4.78, 5) is 4.60. The van der Waals surface area contributed by atoms with Gasteiger partial charge in [0.15, 0.2) is 5.58 Å². The fourth-order valence-corrected chi connectivity index (χ4v) is 3.32. The molecular formula is C22H19BrN2O3. The van der Waals surface area contributed by atoms with Crippen LogP contribution in [0.4, 0.5) is 5.69 Å². The summed E-state index contributed by atoms with van der Waals surface area (Å²) in [5.74, 6) is 1.65. The van der Waals surface area contributed by atoms with Crippen LogP contribution >= 0.6 is 15.9 Å². The van der Waals surface area contributed by atoms with E-state index in [2.05, 4.69) is 26.2 Å². The lowest BCUT2D eigenvalue weighted by Gasteiger charge is -2.08. The Bertz CT molecular complexity index is 1110. The van der Waals surface area contributed by atoms with Gasteiger partial charge in [0.05, 0.1) is 6.61 Å². The number of aromatic nitrogens is 1. The minimum atomic E-state index is 0.260. The predicted molar refractivity (Wildman–Crippen MR) is 114 cm³/mol. The minimum Gasteiger partial charge on any atom is -0.508 e. The standard InChI is InChI=1S/C22H19BrN2O3/c1-2-27-18-7-3-14(4-8-18)22-25-19-12-17(6-10-21(19)28-22)24-13-15-11-16(23)5-9-20(15)26/h3-12,24,26H,2,13H2,1H3. The molecule has 1 heterocycles. The summed E-state index contributed by atoms with van der Waals surface area (Å²) in [5, 5.41) is 13.3. The van der Waals surface area contributed by atoms with Gasteiger partial charge in [-0.15, -0.1) is 0 Å². The molecular weight excluding hydrogens is 420 g/mol. The third kappa shape index (κ3) is 3.97. The topological polar surface area (TPSA) is 67.5 Å². The number of anilines is 1. The zero-order valence-electron chi connectivity index (χ0n) is 15.3. The van der Waals surface area contributed by atoms with Gasteiger partial charge in [-0.1, -0.05) is 15.9 Å². The third-order valence-corrected chi connectivity index (χ3v) is 4.82. The maximum Gasteiger partial charge on any atom is 0.227 e. The van der Waals surface area contributed by atoms with Crippen molar-refractivity contribution in [3.05, 3.63) is 70.7 Å². The zero-order chi connectivity index (χ0) is 19.5. The van der Waals surface area contributed by atoms with Crippen LogP contribution < -0.4 is 10.1 Å². The first kappa shape index (κ1) is 18.4. The van der Waals surface area contributed by atoms with Crippen molar-refractivity contribution in [1.82, 2.24) is 4.98 Å².